The number of azo groups is 1. The van der Waals surface area contributed by atoms with E-state index in [-0.39, 0.29) is 12.6 Å². The van der Waals surface area contributed by atoms with Crippen LogP contribution >= 0.6 is 0 Å². The zero-order chi connectivity index (χ0) is 11.1. The van der Waals surface area contributed by atoms with E-state index in [2.05, 4.69) is 16.8 Å². The van der Waals surface area contributed by atoms with E-state index in [1.54, 1.807) is 0 Å². The van der Waals surface area contributed by atoms with Crippen molar-refractivity contribution in [2.75, 3.05) is 6.61 Å². The molecule has 0 radical (unpaired) electrons. The standard InChI is InChI=1S/C12H8N2O2/c1-2-6-16-12(15)10-7-4-3-5-8-9(7)11(10)14-13-8/h2-5H,1,6H2. The highest BCUT2D eigenvalue weighted by Gasteiger charge is 2.37. The van der Waals surface area contributed by atoms with Gasteiger partial charge in [0.2, 0.25) is 0 Å². The maximum Gasteiger partial charge on any atom is 0.341 e. The lowest BCUT2D eigenvalue weighted by molar-refractivity contribution is -0.135. The summed E-state index contributed by atoms with van der Waals surface area (Å²) < 4.78 is 4.99. The molecule has 0 spiro atoms. The zero-order valence-corrected chi connectivity index (χ0v) is 8.43. The predicted molar refractivity (Wildman–Crippen MR) is 58.9 cm³/mol. The van der Waals surface area contributed by atoms with Crippen LogP contribution in [-0.4, -0.2) is 12.6 Å². The molecule has 0 bridgehead atoms. The fourth-order valence-electron chi connectivity index (χ4n) is 1.89. The van der Waals surface area contributed by atoms with Gasteiger partial charge in [0.25, 0.3) is 0 Å². The Bertz CT molecular complexity index is 570. The van der Waals surface area contributed by atoms with Crippen LogP contribution in [0, 0.1) is 0 Å². The Kier molecular flexibility index (Phi) is 1.77. The smallest absolute Gasteiger partial charge is 0.341 e. The predicted octanol–water partition coefficient (Wildman–Crippen LogP) is 2.69. The van der Waals surface area contributed by atoms with Gasteiger partial charge in [-0.25, -0.2) is 4.79 Å². The highest BCUT2D eigenvalue weighted by Crippen LogP contribution is 2.50. The molecule has 0 unspecified atom stereocenters. The molecule has 0 fully saturated rings. The van der Waals surface area contributed by atoms with Crippen LogP contribution in [0.5, 0.6) is 0 Å². The summed E-state index contributed by atoms with van der Waals surface area (Å²) in [6.45, 7) is 3.70. The van der Waals surface area contributed by atoms with Gasteiger partial charge in [0.1, 0.15) is 12.3 Å². The minimum Gasteiger partial charge on any atom is -0.458 e. The molecule has 1 aromatic rings. The first-order chi connectivity index (χ1) is 7.83. The average molecular weight is 212 g/mol. The molecule has 0 atom stereocenters. The van der Waals surface area contributed by atoms with Crippen LogP contribution in [0.25, 0.3) is 11.3 Å². The molecule has 3 rings (SSSR count). The normalized spacial score (nSPS) is 14.5. The molecule has 1 heterocycles. The van der Waals surface area contributed by atoms with Gasteiger partial charge in [-0.3, -0.25) is 0 Å². The molecule has 1 aliphatic heterocycles. The number of hydrogen-bond donors (Lipinski definition) is 0. The van der Waals surface area contributed by atoms with Crippen molar-refractivity contribution in [1.82, 2.24) is 0 Å². The van der Waals surface area contributed by atoms with Crippen LogP contribution in [-0.2, 0) is 9.53 Å². The van der Waals surface area contributed by atoms with Gasteiger partial charge in [-0.05, 0) is 6.07 Å². The molecule has 78 valence electrons. The molecule has 4 nitrogen and oxygen atoms in total. The number of carbonyl (C=O) groups is 1. The van der Waals surface area contributed by atoms with Gasteiger partial charge in [-0.15, -0.1) is 10.2 Å². The molecule has 16 heavy (non-hydrogen) atoms. The highest BCUT2D eigenvalue weighted by molar-refractivity contribution is 6.32. The lowest BCUT2D eigenvalue weighted by atomic mass is 9.85. The minimum absolute atomic E-state index is 0.210. The van der Waals surface area contributed by atoms with E-state index in [0.29, 0.717) is 11.3 Å². The first-order valence-corrected chi connectivity index (χ1v) is 4.90. The van der Waals surface area contributed by atoms with Crippen molar-refractivity contribution >= 4 is 22.9 Å². The van der Waals surface area contributed by atoms with Crippen LogP contribution in [0.3, 0.4) is 0 Å². The number of hydrogen-bond acceptors (Lipinski definition) is 4. The minimum atomic E-state index is -0.361. The second kappa shape index (κ2) is 3.13. The average Bonchev–Trinajstić information content (AvgIpc) is 2.67. The number of ether oxygens (including phenoxy) is 1. The third kappa shape index (κ3) is 1.01. The Balaban J connectivity index is 1.98. The van der Waals surface area contributed by atoms with Crippen molar-refractivity contribution in [1.29, 1.82) is 0 Å². The quantitative estimate of drug-likeness (QED) is 0.571. The summed E-state index contributed by atoms with van der Waals surface area (Å²) in [5.41, 5.74) is 3.85. The number of esters is 1. The molecular weight excluding hydrogens is 204 g/mol. The molecule has 0 aromatic heterocycles. The Hall–Kier alpha value is -2.23. The largest absolute Gasteiger partial charge is 0.458 e. The Morgan fingerprint density at radius 3 is 3.12 bits per heavy atom. The van der Waals surface area contributed by atoms with Gasteiger partial charge in [-0.1, -0.05) is 24.8 Å². The third-order valence-electron chi connectivity index (χ3n) is 2.58. The lowest BCUT2D eigenvalue weighted by Crippen LogP contribution is -2.15. The van der Waals surface area contributed by atoms with Crippen molar-refractivity contribution < 1.29 is 9.53 Å². The van der Waals surface area contributed by atoms with E-state index < -0.39 is 0 Å². The molecule has 0 amide bonds. The van der Waals surface area contributed by atoms with Crippen molar-refractivity contribution in [2.45, 2.75) is 0 Å². The van der Waals surface area contributed by atoms with E-state index >= 15 is 0 Å². The number of benzene rings is 1. The monoisotopic (exact) mass is 212 g/mol. The number of carbonyl (C=O) groups excluding carboxylic acids is 1. The van der Waals surface area contributed by atoms with Gasteiger partial charge in [0.15, 0.2) is 0 Å². The SMILES string of the molecule is C=CCOC(=O)C1=C2N=Nc3cccc1c32. The molecule has 2 aliphatic rings. The van der Waals surface area contributed by atoms with E-state index in [0.717, 1.165) is 16.8 Å². The van der Waals surface area contributed by atoms with E-state index in [1.165, 1.54) is 6.08 Å². The Labute approximate surface area is 92.0 Å². The third-order valence-corrected chi connectivity index (χ3v) is 2.58. The molecule has 1 aromatic carbocycles. The van der Waals surface area contributed by atoms with Gasteiger partial charge in [0, 0.05) is 11.1 Å². The molecule has 0 saturated heterocycles. The summed E-state index contributed by atoms with van der Waals surface area (Å²) in [6, 6.07) is 5.61. The zero-order valence-electron chi connectivity index (χ0n) is 8.43. The van der Waals surface area contributed by atoms with Crippen LogP contribution in [0.4, 0.5) is 5.69 Å². The topological polar surface area (TPSA) is 51.0 Å². The summed E-state index contributed by atoms with van der Waals surface area (Å²) in [7, 11) is 0. The fourth-order valence-corrected chi connectivity index (χ4v) is 1.89. The molecular formula is C12H8N2O2. The first kappa shape index (κ1) is 9.03. The molecule has 4 heteroatoms. The van der Waals surface area contributed by atoms with Crippen LogP contribution in [0.1, 0.15) is 11.1 Å². The number of rotatable bonds is 3. The van der Waals surface area contributed by atoms with Gasteiger partial charge in [0.05, 0.1) is 11.3 Å². The number of nitrogens with zero attached hydrogens (tertiary/aromatic N) is 2. The lowest BCUT2D eigenvalue weighted by Gasteiger charge is -2.20. The maximum absolute atomic E-state index is 11.7. The van der Waals surface area contributed by atoms with E-state index in [1.807, 2.05) is 18.2 Å². The van der Waals surface area contributed by atoms with Gasteiger partial charge < -0.3 is 4.74 Å². The van der Waals surface area contributed by atoms with Crippen molar-refractivity contribution in [2.24, 2.45) is 10.2 Å². The second-order valence-corrected chi connectivity index (χ2v) is 3.51. The van der Waals surface area contributed by atoms with Crippen molar-refractivity contribution in [3.8, 4) is 0 Å². The summed E-state index contributed by atoms with van der Waals surface area (Å²) >= 11 is 0. The molecule has 0 saturated carbocycles. The summed E-state index contributed by atoms with van der Waals surface area (Å²) in [5, 5.41) is 7.95. The highest BCUT2D eigenvalue weighted by atomic mass is 16.5. The summed E-state index contributed by atoms with van der Waals surface area (Å²) in [5.74, 6) is -0.361. The molecule has 1 aliphatic carbocycles. The van der Waals surface area contributed by atoms with E-state index in [4.69, 9.17) is 4.74 Å². The Morgan fingerprint density at radius 1 is 1.44 bits per heavy atom. The van der Waals surface area contributed by atoms with Gasteiger partial charge in [-0.2, -0.15) is 0 Å². The first-order valence-electron chi connectivity index (χ1n) is 4.90. The summed E-state index contributed by atoms with van der Waals surface area (Å²) in [6.07, 6.45) is 1.54. The fraction of sp³-hybridized carbons (Fsp3) is 0.0833. The maximum atomic E-state index is 11.7. The Morgan fingerprint density at radius 2 is 2.31 bits per heavy atom. The van der Waals surface area contributed by atoms with Gasteiger partial charge >= 0.3 is 5.97 Å². The second-order valence-electron chi connectivity index (χ2n) is 3.51. The van der Waals surface area contributed by atoms with Crippen molar-refractivity contribution in [3.05, 3.63) is 42.0 Å². The van der Waals surface area contributed by atoms with Crippen LogP contribution in [0.2, 0.25) is 0 Å². The molecule has 0 N–H and O–H groups in total. The summed E-state index contributed by atoms with van der Waals surface area (Å²) in [4.78, 5) is 11.7. The van der Waals surface area contributed by atoms with Crippen molar-refractivity contribution in [3.63, 3.8) is 0 Å². The van der Waals surface area contributed by atoms with Crippen LogP contribution in [0.15, 0.2) is 41.1 Å². The van der Waals surface area contributed by atoms with E-state index in [9.17, 15) is 4.79 Å². The van der Waals surface area contributed by atoms with Crippen LogP contribution < -0.4 is 0 Å².